The van der Waals surface area contributed by atoms with Gasteiger partial charge >= 0.3 is 0 Å². The van der Waals surface area contributed by atoms with Crippen LogP contribution in [0.3, 0.4) is 0 Å². The Balaban J connectivity index is 0.00000312. The predicted octanol–water partition coefficient (Wildman–Crippen LogP) is 3.85. The maximum atomic E-state index is 4.72. The van der Waals surface area contributed by atoms with Crippen molar-refractivity contribution in [2.75, 3.05) is 20.1 Å². The highest BCUT2D eigenvalue weighted by Crippen LogP contribution is 2.08. The van der Waals surface area contributed by atoms with Crippen LogP contribution in [0.5, 0.6) is 0 Å². The van der Waals surface area contributed by atoms with Crippen LogP contribution in [0.2, 0.25) is 0 Å². The molecule has 0 fully saturated rings. The SMILES string of the molecule is C=CCCCN(C)C(=NCc1cnn(-c2ccccc2)c1)NCC.I. The van der Waals surface area contributed by atoms with Crippen molar-refractivity contribution in [3.8, 4) is 5.69 Å². The summed E-state index contributed by atoms with van der Waals surface area (Å²) < 4.78 is 1.88. The summed E-state index contributed by atoms with van der Waals surface area (Å²) in [6, 6.07) is 10.1. The molecular weight excluding hydrogens is 425 g/mol. The van der Waals surface area contributed by atoms with E-state index in [1.54, 1.807) is 0 Å². The van der Waals surface area contributed by atoms with Gasteiger partial charge in [-0.15, -0.1) is 30.6 Å². The van der Waals surface area contributed by atoms with Crippen LogP contribution in [0.1, 0.15) is 25.3 Å². The number of guanidine groups is 1. The molecule has 0 radical (unpaired) electrons. The van der Waals surface area contributed by atoms with E-state index in [0.717, 1.165) is 43.1 Å². The van der Waals surface area contributed by atoms with Gasteiger partial charge in [-0.2, -0.15) is 5.10 Å². The molecule has 0 spiro atoms. The number of aliphatic imine (C=N–C) groups is 1. The van der Waals surface area contributed by atoms with E-state index in [9.17, 15) is 0 Å². The predicted molar refractivity (Wildman–Crippen MR) is 116 cm³/mol. The van der Waals surface area contributed by atoms with Crippen LogP contribution >= 0.6 is 24.0 Å². The lowest BCUT2D eigenvalue weighted by Gasteiger charge is -2.21. The standard InChI is InChI=1S/C19H27N5.HI/c1-4-6-10-13-23(3)19(20-5-2)21-14-17-15-22-24(16-17)18-11-8-7-9-12-18;/h4,7-9,11-12,15-16H,1,5-6,10,13-14H2,2-3H3,(H,20,21);1H. The fourth-order valence-electron chi connectivity index (χ4n) is 2.38. The number of rotatable bonds is 8. The second-order valence-corrected chi connectivity index (χ2v) is 5.65. The number of halogens is 1. The van der Waals surface area contributed by atoms with Gasteiger partial charge in [0.2, 0.25) is 0 Å². The second kappa shape index (κ2) is 11.7. The molecule has 6 heteroatoms. The van der Waals surface area contributed by atoms with Crippen LogP contribution in [0.15, 0.2) is 60.4 Å². The average molecular weight is 453 g/mol. The molecule has 5 nitrogen and oxygen atoms in total. The average Bonchev–Trinajstić information content (AvgIpc) is 3.08. The smallest absolute Gasteiger partial charge is 0.193 e. The van der Waals surface area contributed by atoms with Gasteiger partial charge in [0.05, 0.1) is 18.4 Å². The zero-order chi connectivity index (χ0) is 17.2. The van der Waals surface area contributed by atoms with Gasteiger partial charge in [0.1, 0.15) is 0 Å². The lowest BCUT2D eigenvalue weighted by molar-refractivity contribution is 0.470. The van der Waals surface area contributed by atoms with Crippen LogP contribution in [0.4, 0.5) is 0 Å². The monoisotopic (exact) mass is 453 g/mol. The van der Waals surface area contributed by atoms with E-state index in [1.165, 1.54) is 0 Å². The van der Waals surface area contributed by atoms with Crippen molar-refractivity contribution < 1.29 is 0 Å². The summed E-state index contributed by atoms with van der Waals surface area (Å²) in [5.74, 6) is 0.925. The van der Waals surface area contributed by atoms with Gasteiger partial charge < -0.3 is 10.2 Å². The summed E-state index contributed by atoms with van der Waals surface area (Å²) in [6.45, 7) is 8.28. The molecule has 2 rings (SSSR count). The van der Waals surface area contributed by atoms with E-state index in [1.807, 2.05) is 53.5 Å². The molecule has 1 aromatic carbocycles. The van der Waals surface area contributed by atoms with Gasteiger partial charge in [0, 0.05) is 31.9 Å². The second-order valence-electron chi connectivity index (χ2n) is 5.65. The number of allylic oxidation sites excluding steroid dienone is 1. The molecule has 136 valence electrons. The molecule has 25 heavy (non-hydrogen) atoms. The zero-order valence-corrected chi connectivity index (χ0v) is 17.4. The number of para-hydroxylation sites is 1. The van der Waals surface area contributed by atoms with Crippen LogP contribution < -0.4 is 5.32 Å². The Morgan fingerprint density at radius 1 is 1.36 bits per heavy atom. The highest BCUT2D eigenvalue weighted by molar-refractivity contribution is 14.0. The summed E-state index contributed by atoms with van der Waals surface area (Å²) >= 11 is 0. The highest BCUT2D eigenvalue weighted by atomic mass is 127. The number of hydrogen-bond donors (Lipinski definition) is 1. The van der Waals surface area contributed by atoms with Crippen molar-refractivity contribution in [2.24, 2.45) is 4.99 Å². The highest BCUT2D eigenvalue weighted by Gasteiger charge is 2.06. The van der Waals surface area contributed by atoms with E-state index in [2.05, 4.69) is 35.9 Å². The Kier molecular flexibility index (Phi) is 9.91. The van der Waals surface area contributed by atoms with E-state index >= 15 is 0 Å². The third-order valence-electron chi connectivity index (χ3n) is 3.67. The minimum absolute atomic E-state index is 0. The third-order valence-corrected chi connectivity index (χ3v) is 3.67. The van der Waals surface area contributed by atoms with Crippen molar-refractivity contribution in [1.29, 1.82) is 0 Å². The Morgan fingerprint density at radius 3 is 2.80 bits per heavy atom. The molecule has 0 aliphatic carbocycles. The maximum Gasteiger partial charge on any atom is 0.193 e. The molecule has 0 saturated heterocycles. The van der Waals surface area contributed by atoms with Crippen molar-refractivity contribution >= 4 is 29.9 Å². The summed E-state index contributed by atoms with van der Waals surface area (Å²) in [7, 11) is 2.07. The van der Waals surface area contributed by atoms with E-state index in [-0.39, 0.29) is 24.0 Å². The number of aromatic nitrogens is 2. The molecule has 0 amide bonds. The first-order valence-corrected chi connectivity index (χ1v) is 8.44. The molecule has 0 aliphatic rings. The number of nitrogens with zero attached hydrogens (tertiary/aromatic N) is 4. The Labute approximate surface area is 167 Å². The minimum Gasteiger partial charge on any atom is -0.357 e. The molecular formula is C19H28IN5. The van der Waals surface area contributed by atoms with Gasteiger partial charge in [0.25, 0.3) is 0 Å². The summed E-state index contributed by atoms with van der Waals surface area (Å²) in [6.07, 6.45) is 7.96. The fourth-order valence-corrected chi connectivity index (χ4v) is 2.38. The molecule has 2 aromatic rings. The van der Waals surface area contributed by atoms with Crippen LogP contribution in [-0.2, 0) is 6.54 Å². The summed E-state index contributed by atoms with van der Waals surface area (Å²) in [5, 5.41) is 7.76. The molecule has 1 heterocycles. The quantitative estimate of drug-likeness (QED) is 0.217. The van der Waals surface area contributed by atoms with E-state index in [4.69, 9.17) is 4.99 Å². The van der Waals surface area contributed by atoms with E-state index < -0.39 is 0 Å². The minimum atomic E-state index is 0. The number of benzene rings is 1. The lowest BCUT2D eigenvalue weighted by atomic mass is 10.3. The largest absolute Gasteiger partial charge is 0.357 e. The van der Waals surface area contributed by atoms with Crippen molar-refractivity contribution in [1.82, 2.24) is 20.0 Å². The van der Waals surface area contributed by atoms with Gasteiger partial charge in [-0.3, -0.25) is 0 Å². The Morgan fingerprint density at radius 2 is 2.12 bits per heavy atom. The zero-order valence-electron chi connectivity index (χ0n) is 15.1. The van der Waals surface area contributed by atoms with Gasteiger partial charge in [-0.05, 0) is 31.9 Å². The molecule has 0 saturated carbocycles. The third kappa shape index (κ3) is 6.89. The van der Waals surface area contributed by atoms with Gasteiger partial charge in [-0.25, -0.2) is 9.67 Å². The van der Waals surface area contributed by atoms with Crippen molar-refractivity contribution in [3.63, 3.8) is 0 Å². The van der Waals surface area contributed by atoms with Crippen LogP contribution in [-0.4, -0.2) is 40.8 Å². The molecule has 1 aromatic heterocycles. The van der Waals surface area contributed by atoms with E-state index in [0.29, 0.717) is 6.54 Å². The topological polar surface area (TPSA) is 45.5 Å². The molecule has 0 unspecified atom stereocenters. The Hall–Kier alpha value is -1.83. The van der Waals surface area contributed by atoms with Crippen LogP contribution in [0.25, 0.3) is 5.69 Å². The first-order valence-electron chi connectivity index (χ1n) is 8.44. The molecule has 1 N–H and O–H groups in total. The first kappa shape index (κ1) is 21.2. The molecule has 0 aliphatic heterocycles. The fraction of sp³-hybridized carbons (Fsp3) is 0.368. The molecule has 0 atom stereocenters. The normalized spacial score (nSPS) is 10.9. The first-order chi connectivity index (χ1) is 11.7. The Bertz CT molecular complexity index is 651. The summed E-state index contributed by atoms with van der Waals surface area (Å²) in [5.41, 5.74) is 2.15. The lowest BCUT2D eigenvalue weighted by Crippen LogP contribution is -2.39. The number of unbranched alkanes of at least 4 members (excludes halogenated alkanes) is 1. The summed E-state index contributed by atoms with van der Waals surface area (Å²) in [4.78, 5) is 6.88. The van der Waals surface area contributed by atoms with Gasteiger partial charge in [-0.1, -0.05) is 24.3 Å². The number of hydrogen-bond acceptors (Lipinski definition) is 2. The number of nitrogens with one attached hydrogen (secondary N) is 1. The van der Waals surface area contributed by atoms with Crippen LogP contribution in [0, 0.1) is 0 Å². The molecule has 0 bridgehead atoms. The maximum absolute atomic E-state index is 4.72. The van der Waals surface area contributed by atoms with Crippen molar-refractivity contribution in [2.45, 2.75) is 26.3 Å². The van der Waals surface area contributed by atoms with Gasteiger partial charge in [0.15, 0.2) is 5.96 Å². The van der Waals surface area contributed by atoms with Crippen molar-refractivity contribution in [3.05, 3.63) is 60.9 Å².